The summed E-state index contributed by atoms with van der Waals surface area (Å²) in [6.45, 7) is 5.71. The van der Waals surface area contributed by atoms with Crippen molar-refractivity contribution < 1.29 is 24.2 Å². The summed E-state index contributed by atoms with van der Waals surface area (Å²) >= 11 is 0. The quantitative estimate of drug-likeness (QED) is 0.591. The van der Waals surface area contributed by atoms with Crippen LogP contribution in [0, 0.1) is 11.3 Å². The molecule has 1 fully saturated rings. The maximum atomic E-state index is 13.1. The Morgan fingerprint density at radius 1 is 1.00 bits per heavy atom. The van der Waals surface area contributed by atoms with Crippen molar-refractivity contribution in [1.29, 1.82) is 0 Å². The van der Waals surface area contributed by atoms with Crippen LogP contribution in [0.25, 0.3) is 11.1 Å². The maximum Gasteiger partial charge on any atom is 0.407 e. The van der Waals surface area contributed by atoms with Crippen molar-refractivity contribution >= 4 is 18.0 Å². The van der Waals surface area contributed by atoms with Crippen molar-refractivity contribution in [3.8, 4) is 11.1 Å². The van der Waals surface area contributed by atoms with Crippen molar-refractivity contribution in [3.63, 3.8) is 0 Å². The number of amides is 2. The van der Waals surface area contributed by atoms with E-state index in [4.69, 9.17) is 4.74 Å². The highest BCUT2D eigenvalue weighted by atomic mass is 16.5. The van der Waals surface area contributed by atoms with Crippen LogP contribution in [0.1, 0.15) is 57.1 Å². The predicted molar refractivity (Wildman–Crippen MR) is 128 cm³/mol. The fourth-order valence-corrected chi connectivity index (χ4v) is 5.13. The summed E-state index contributed by atoms with van der Waals surface area (Å²) in [7, 11) is 0. The van der Waals surface area contributed by atoms with E-state index >= 15 is 0 Å². The average Bonchev–Trinajstić information content (AvgIpc) is 3.38. The van der Waals surface area contributed by atoms with Gasteiger partial charge in [-0.15, -0.1) is 0 Å². The molecular weight excluding hydrogens is 432 g/mol. The Morgan fingerprint density at radius 2 is 1.59 bits per heavy atom. The summed E-state index contributed by atoms with van der Waals surface area (Å²) in [6.07, 6.45) is 1.24. The number of carboxylic acids is 1. The topological polar surface area (TPSA) is 105 Å². The number of benzene rings is 2. The van der Waals surface area contributed by atoms with Crippen LogP contribution in [0.15, 0.2) is 48.5 Å². The van der Waals surface area contributed by atoms with Crippen LogP contribution < -0.4 is 10.6 Å². The first-order valence-corrected chi connectivity index (χ1v) is 11.8. The smallest absolute Gasteiger partial charge is 0.407 e. The molecule has 2 aromatic rings. The molecule has 2 amide bonds. The van der Waals surface area contributed by atoms with Crippen molar-refractivity contribution in [3.05, 3.63) is 59.7 Å². The zero-order valence-corrected chi connectivity index (χ0v) is 19.8. The van der Waals surface area contributed by atoms with Gasteiger partial charge in [0.15, 0.2) is 0 Å². The molecule has 4 rings (SSSR count). The Bertz CT molecular complexity index is 1040. The number of carbonyl (C=O) groups excluding carboxylic acids is 2. The molecule has 0 radical (unpaired) electrons. The summed E-state index contributed by atoms with van der Waals surface area (Å²) in [5.74, 6) is -1.97. The average molecular weight is 465 g/mol. The SMILES string of the molecule is CC(C)(C)[C@@H](NC(=O)OCC1c2ccccc2-c2ccccc21)C(=O)N[C@@H]1CCC[C@@H]1C(=O)O. The van der Waals surface area contributed by atoms with Crippen LogP contribution in [-0.4, -0.2) is 41.8 Å². The lowest BCUT2D eigenvalue weighted by atomic mass is 9.86. The van der Waals surface area contributed by atoms with E-state index in [1.54, 1.807) is 0 Å². The second-order valence-electron chi connectivity index (χ2n) is 10.3. The van der Waals surface area contributed by atoms with E-state index in [2.05, 4.69) is 22.8 Å². The summed E-state index contributed by atoms with van der Waals surface area (Å²) in [5, 5.41) is 15.0. The third kappa shape index (κ3) is 4.79. The van der Waals surface area contributed by atoms with E-state index in [1.165, 1.54) is 0 Å². The zero-order valence-electron chi connectivity index (χ0n) is 19.8. The molecular formula is C27H32N2O5. The Balaban J connectivity index is 1.42. The fourth-order valence-electron chi connectivity index (χ4n) is 5.13. The highest BCUT2D eigenvalue weighted by Crippen LogP contribution is 2.44. The third-order valence-electron chi connectivity index (χ3n) is 6.89. The summed E-state index contributed by atoms with van der Waals surface area (Å²) in [6, 6.07) is 14.9. The standard InChI is InChI=1S/C27H32N2O5/c1-27(2,3)23(24(30)28-22-14-8-13-20(22)25(31)32)29-26(33)34-15-21-18-11-6-4-9-16(18)17-10-5-7-12-19(17)21/h4-7,9-12,20-23H,8,13-15H2,1-3H3,(H,28,30)(H,29,33)(H,31,32)/t20-,22+,23-/m0/s1. The van der Waals surface area contributed by atoms with Gasteiger partial charge in [-0.2, -0.15) is 0 Å². The lowest BCUT2D eigenvalue weighted by Gasteiger charge is -2.31. The largest absolute Gasteiger partial charge is 0.481 e. The summed E-state index contributed by atoms with van der Waals surface area (Å²) in [4.78, 5) is 37.3. The Labute approximate surface area is 199 Å². The molecule has 3 N–H and O–H groups in total. The number of carbonyl (C=O) groups is 3. The van der Waals surface area contributed by atoms with Gasteiger partial charge in [0, 0.05) is 12.0 Å². The normalized spacial score (nSPS) is 20.2. The second kappa shape index (κ2) is 9.49. The van der Waals surface area contributed by atoms with Crippen molar-refractivity contribution in [2.45, 2.75) is 58.0 Å². The van der Waals surface area contributed by atoms with Gasteiger partial charge < -0.3 is 20.5 Å². The van der Waals surface area contributed by atoms with E-state index in [-0.39, 0.29) is 18.4 Å². The first kappa shape index (κ1) is 23.8. The van der Waals surface area contributed by atoms with E-state index in [0.717, 1.165) is 28.7 Å². The summed E-state index contributed by atoms with van der Waals surface area (Å²) < 4.78 is 5.62. The molecule has 0 bridgehead atoms. The second-order valence-corrected chi connectivity index (χ2v) is 10.3. The minimum Gasteiger partial charge on any atom is -0.481 e. The number of hydrogen-bond acceptors (Lipinski definition) is 4. The van der Waals surface area contributed by atoms with Crippen LogP contribution in [0.4, 0.5) is 4.79 Å². The minimum absolute atomic E-state index is 0.0742. The van der Waals surface area contributed by atoms with E-state index < -0.39 is 35.5 Å². The highest BCUT2D eigenvalue weighted by molar-refractivity contribution is 5.87. The van der Waals surface area contributed by atoms with E-state index in [0.29, 0.717) is 12.8 Å². The van der Waals surface area contributed by atoms with Gasteiger partial charge in [0.25, 0.3) is 0 Å². The number of carboxylic acid groups (broad SMARTS) is 1. The number of ether oxygens (including phenoxy) is 1. The number of nitrogens with one attached hydrogen (secondary N) is 2. The summed E-state index contributed by atoms with van der Waals surface area (Å²) in [5.41, 5.74) is 3.92. The van der Waals surface area contributed by atoms with Gasteiger partial charge in [-0.25, -0.2) is 4.79 Å². The Kier molecular flexibility index (Phi) is 6.64. The lowest BCUT2D eigenvalue weighted by molar-refractivity contribution is -0.142. The number of rotatable bonds is 6. The Morgan fingerprint density at radius 3 is 2.15 bits per heavy atom. The predicted octanol–water partition coefficient (Wildman–Crippen LogP) is 4.31. The third-order valence-corrected chi connectivity index (χ3v) is 6.89. The van der Waals surface area contributed by atoms with E-state index in [9.17, 15) is 19.5 Å². The molecule has 2 aliphatic carbocycles. The molecule has 1 saturated carbocycles. The van der Waals surface area contributed by atoms with Crippen LogP contribution >= 0.6 is 0 Å². The van der Waals surface area contributed by atoms with Crippen molar-refractivity contribution in [2.75, 3.05) is 6.61 Å². The molecule has 7 nitrogen and oxygen atoms in total. The molecule has 2 aromatic carbocycles. The molecule has 2 aliphatic rings. The number of hydrogen-bond donors (Lipinski definition) is 3. The molecule has 180 valence electrons. The molecule has 0 unspecified atom stereocenters. The van der Waals surface area contributed by atoms with Gasteiger partial charge >= 0.3 is 12.1 Å². The molecule has 0 saturated heterocycles. The van der Waals surface area contributed by atoms with Crippen LogP contribution in [-0.2, 0) is 14.3 Å². The molecule has 34 heavy (non-hydrogen) atoms. The Hall–Kier alpha value is -3.35. The van der Waals surface area contributed by atoms with Gasteiger partial charge in [0.1, 0.15) is 12.6 Å². The van der Waals surface area contributed by atoms with Crippen LogP contribution in [0.2, 0.25) is 0 Å². The highest BCUT2D eigenvalue weighted by Gasteiger charge is 2.39. The maximum absolute atomic E-state index is 13.1. The van der Waals surface area contributed by atoms with Gasteiger partial charge in [-0.3, -0.25) is 9.59 Å². The van der Waals surface area contributed by atoms with Crippen molar-refractivity contribution in [1.82, 2.24) is 10.6 Å². The molecule has 0 spiro atoms. The first-order valence-electron chi connectivity index (χ1n) is 11.8. The van der Waals surface area contributed by atoms with Gasteiger partial charge in [0.2, 0.25) is 5.91 Å². The fraction of sp³-hybridized carbons (Fsp3) is 0.444. The van der Waals surface area contributed by atoms with E-state index in [1.807, 2.05) is 57.2 Å². The minimum atomic E-state index is -0.903. The number of alkyl carbamates (subject to hydrolysis) is 1. The van der Waals surface area contributed by atoms with Gasteiger partial charge in [-0.1, -0.05) is 75.7 Å². The molecule has 7 heteroatoms. The van der Waals surface area contributed by atoms with Gasteiger partial charge in [0.05, 0.1) is 5.92 Å². The van der Waals surface area contributed by atoms with Crippen molar-refractivity contribution in [2.24, 2.45) is 11.3 Å². The van der Waals surface area contributed by atoms with Crippen LogP contribution in [0.3, 0.4) is 0 Å². The lowest BCUT2D eigenvalue weighted by Crippen LogP contribution is -2.56. The zero-order chi connectivity index (χ0) is 24.5. The molecule has 0 heterocycles. The molecule has 3 atom stereocenters. The number of fused-ring (bicyclic) bond motifs is 3. The molecule has 0 aromatic heterocycles. The first-order chi connectivity index (χ1) is 16.2. The number of aliphatic carboxylic acids is 1. The molecule has 0 aliphatic heterocycles. The van der Waals surface area contributed by atoms with Gasteiger partial charge in [-0.05, 0) is 40.5 Å². The van der Waals surface area contributed by atoms with Crippen LogP contribution in [0.5, 0.6) is 0 Å². The monoisotopic (exact) mass is 464 g/mol.